The second-order valence-electron chi connectivity index (χ2n) is 5.28. The zero-order valence-electron chi connectivity index (χ0n) is 12.7. The van der Waals surface area contributed by atoms with E-state index in [1.165, 1.54) is 0 Å². The van der Waals surface area contributed by atoms with Crippen molar-refractivity contribution in [2.24, 2.45) is 0 Å². The van der Waals surface area contributed by atoms with Crippen LogP contribution in [-0.4, -0.2) is 15.0 Å². The Hall–Kier alpha value is -1.85. The summed E-state index contributed by atoms with van der Waals surface area (Å²) in [6, 6.07) is 14.5. The molecule has 0 aliphatic carbocycles. The number of hydrogen-bond acceptors (Lipinski definition) is 3. The van der Waals surface area contributed by atoms with Gasteiger partial charge in [0.2, 0.25) is 10.0 Å². The van der Waals surface area contributed by atoms with Crippen molar-refractivity contribution in [2.45, 2.75) is 31.1 Å². The van der Waals surface area contributed by atoms with Crippen molar-refractivity contribution in [3.8, 4) is 0 Å². The third-order valence-corrected chi connectivity index (χ3v) is 4.93. The third-order valence-electron chi connectivity index (χ3n) is 3.46. The molecule has 2 aromatic carbocycles. The van der Waals surface area contributed by atoms with Crippen molar-refractivity contribution in [2.75, 3.05) is 12.3 Å². The summed E-state index contributed by atoms with van der Waals surface area (Å²) < 4.78 is 27.1. The number of benzene rings is 2. The largest absolute Gasteiger partial charge is 0.399 e. The molecule has 2 rings (SSSR count). The van der Waals surface area contributed by atoms with Gasteiger partial charge in [0.25, 0.3) is 0 Å². The molecule has 0 saturated heterocycles. The van der Waals surface area contributed by atoms with Crippen LogP contribution in [0, 0.1) is 0 Å². The molecule has 22 heavy (non-hydrogen) atoms. The lowest BCUT2D eigenvalue weighted by atomic mass is 10.1. The van der Waals surface area contributed by atoms with Crippen LogP contribution in [0.3, 0.4) is 0 Å². The Labute approximate surface area is 132 Å². The lowest BCUT2D eigenvalue weighted by molar-refractivity contribution is 0.581. The van der Waals surface area contributed by atoms with E-state index < -0.39 is 10.0 Å². The first-order valence-corrected chi connectivity index (χ1v) is 8.92. The van der Waals surface area contributed by atoms with E-state index in [1.807, 2.05) is 36.4 Å². The molecule has 0 atom stereocenters. The van der Waals surface area contributed by atoms with Crippen LogP contribution in [0.4, 0.5) is 5.69 Å². The second-order valence-corrected chi connectivity index (χ2v) is 7.05. The van der Waals surface area contributed by atoms with Crippen LogP contribution >= 0.6 is 0 Å². The highest BCUT2D eigenvalue weighted by atomic mass is 32.2. The van der Waals surface area contributed by atoms with Gasteiger partial charge in [0.1, 0.15) is 0 Å². The van der Waals surface area contributed by atoms with Gasteiger partial charge in [0, 0.05) is 12.2 Å². The molecule has 0 bridgehead atoms. The number of nitrogens with one attached hydrogen (secondary N) is 1. The SMILES string of the molecule is CCCc1ccc(S(=O)(=O)NCCc2ccc(N)cc2)cc1. The molecule has 5 heteroatoms. The molecule has 0 spiro atoms. The topological polar surface area (TPSA) is 72.2 Å². The van der Waals surface area contributed by atoms with Crippen LogP contribution in [0.1, 0.15) is 24.5 Å². The maximum absolute atomic E-state index is 12.2. The van der Waals surface area contributed by atoms with Crippen molar-refractivity contribution >= 4 is 15.7 Å². The van der Waals surface area contributed by atoms with Crippen LogP contribution in [0.2, 0.25) is 0 Å². The highest BCUT2D eigenvalue weighted by Crippen LogP contribution is 2.12. The van der Waals surface area contributed by atoms with E-state index in [4.69, 9.17) is 5.73 Å². The van der Waals surface area contributed by atoms with Crippen molar-refractivity contribution in [3.63, 3.8) is 0 Å². The Morgan fingerprint density at radius 1 is 0.909 bits per heavy atom. The number of rotatable bonds is 7. The molecule has 0 aliphatic heterocycles. The van der Waals surface area contributed by atoms with Gasteiger partial charge in [-0.2, -0.15) is 0 Å². The molecule has 0 amide bonds. The van der Waals surface area contributed by atoms with E-state index in [9.17, 15) is 8.42 Å². The fourth-order valence-electron chi connectivity index (χ4n) is 2.22. The van der Waals surface area contributed by atoms with E-state index in [0.717, 1.165) is 24.0 Å². The average Bonchev–Trinajstić information content (AvgIpc) is 2.50. The van der Waals surface area contributed by atoms with Gasteiger partial charge in [-0.3, -0.25) is 0 Å². The minimum Gasteiger partial charge on any atom is -0.399 e. The Balaban J connectivity index is 1.94. The normalized spacial score (nSPS) is 11.5. The second kappa shape index (κ2) is 7.42. The van der Waals surface area contributed by atoms with E-state index in [0.29, 0.717) is 23.5 Å². The minimum atomic E-state index is -3.44. The summed E-state index contributed by atoms with van der Waals surface area (Å²) >= 11 is 0. The number of hydrogen-bond donors (Lipinski definition) is 2. The fraction of sp³-hybridized carbons (Fsp3) is 0.294. The summed E-state index contributed by atoms with van der Waals surface area (Å²) in [5.74, 6) is 0. The molecule has 0 heterocycles. The Morgan fingerprint density at radius 3 is 2.05 bits per heavy atom. The molecular weight excluding hydrogens is 296 g/mol. The van der Waals surface area contributed by atoms with Crippen molar-refractivity contribution in [1.82, 2.24) is 4.72 Å². The van der Waals surface area contributed by atoms with Gasteiger partial charge in [-0.05, 0) is 48.2 Å². The van der Waals surface area contributed by atoms with Crippen molar-refractivity contribution < 1.29 is 8.42 Å². The summed E-state index contributed by atoms with van der Waals surface area (Å²) in [6.07, 6.45) is 2.64. The van der Waals surface area contributed by atoms with Crippen LogP contribution < -0.4 is 10.5 Å². The Bertz CT molecular complexity index is 692. The van der Waals surface area contributed by atoms with Crippen molar-refractivity contribution in [1.29, 1.82) is 0 Å². The van der Waals surface area contributed by atoms with E-state index in [2.05, 4.69) is 11.6 Å². The monoisotopic (exact) mass is 318 g/mol. The zero-order valence-corrected chi connectivity index (χ0v) is 13.6. The highest BCUT2D eigenvalue weighted by molar-refractivity contribution is 7.89. The molecule has 0 fully saturated rings. The maximum atomic E-state index is 12.2. The molecular formula is C17H22N2O2S. The van der Waals surface area contributed by atoms with Crippen LogP contribution in [0.15, 0.2) is 53.4 Å². The summed E-state index contributed by atoms with van der Waals surface area (Å²) in [5.41, 5.74) is 8.53. The number of nitrogens with two attached hydrogens (primary N) is 1. The molecule has 0 aromatic heterocycles. The predicted molar refractivity (Wildman–Crippen MR) is 90.2 cm³/mol. The van der Waals surface area contributed by atoms with E-state index >= 15 is 0 Å². The third kappa shape index (κ3) is 4.58. The summed E-state index contributed by atoms with van der Waals surface area (Å²) in [4.78, 5) is 0.310. The van der Waals surface area contributed by atoms with E-state index in [1.54, 1.807) is 12.1 Å². The molecule has 0 saturated carbocycles. The van der Waals surface area contributed by atoms with Gasteiger partial charge in [-0.25, -0.2) is 13.1 Å². The molecule has 2 aromatic rings. The first kappa shape index (κ1) is 16.5. The molecule has 0 aliphatic rings. The standard InChI is InChI=1S/C17H22N2O2S/c1-2-3-14-6-10-17(11-7-14)22(20,21)19-13-12-15-4-8-16(18)9-5-15/h4-11,19H,2-3,12-13,18H2,1H3. The fourth-order valence-corrected chi connectivity index (χ4v) is 3.25. The van der Waals surface area contributed by atoms with Gasteiger partial charge in [-0.15, -0.1) is 0 Å². The molecule has 3 N–H and O–H groups in total. The number of anilines is 1. The maximum Gasteiger partial charge on any atom is 0.240 e. The smallest absolute Gasteiger partial charge is 0.240 e. The van der Waals surface area contributed by atoms with Crippen LogP contribution in [-0.2, 0) is 22.9 Å². The van der Waals surface area contributed by atoms with Gasteiger partial charge in [0.05, 0.1) is 4.90 Å². The molecule has 0 radical (unpaired) electrons. The molecule has 4 nitrogen and oxygen atoms in total. The summed E-state index contributed by atoms with van der Waals surface area (Å²) in [5, 5.41) is 0. The van der Waals surface area contributed by atoms with Gasteiger partial charge in [0.15, 0.2) is 0 Å². The number of nitrogen functional groups attached to an aromatic ring is 1. The van der Waals surface area contributed by atoms with Crippen LogP contribution in [0.5, 0.6) is 0 Å². The first-order chi connectivity index (χ1) is 10.5. The first-order valence-electron chi connectivity index (χ1n) is 7.44. The lowest BCUT2D eigenvalue weighted by Crippen LogP contribution is -2.26. The molecule has 0 unspecified atom stereocenters. The lowest BCUT2D eigenvalue weighted by Gasteiger charge is -2.08. The summed E-state index contributed by atoms with van der Waals surface area (Å²) in [6.45, 7) is 2.46. The van der Waals surface area contributed by atoms with Gasteiger partial charge in [-0.1, -0.05) is 37.6 Å². The van der Waals surface area contributed by atoms with Gasteiger partial charge >= 0.3 is 0 Å². The zero-order chi connectivity index (χ0) is 16.0. The quantitative estimate of drug-likeness (QED) is 0.771. The highest BCUT2D eigenvalue weighted by Gasteiger charge is 2.12. The van der Waals surface area contributed by atoms with Crippen LogP contribution in [0.25, 0.3) is 0 Å². The number of sulfonamides is 1. The van der Waals surface area contributed by atoms with E-state index in [-0.39, 0.29) is 0 Å². The summed E-state index contributed by atoms with van der Waals surface area (Å²) in [7, 11) is -3.44. The average molecular weight is 318 g/mol. The minimum absolute atomic E-state index is 0.310. The Kier molecular flexibility index (Phi) is 5.57. The molecule has 118 valence electrons. The van der Waals surface area contributed by atoms with Gasteiger partial charge < -0.3 is 5.73 Å². The number of aryl methyl sites for hydroxylation is 1. The van der Waals surface area contributed by atoms with Crippen molar-refractivity contribution in [3.05, 3.63) is 59.7 Å². The Morgan fingerprint density at radius 2 is 1.45 bits per heavy atom. The predicted octanol–water partition coefficient (Wildman–Crippen LogP) is 2.74.